The molecule has 4 heterocycles. The highest BCUT2D eigenvalue weighted by Crippen LogP contribution is 2.31. The minimum Gasteiger partial charge on any atom is -0.378 e. The lowest BCUT2D eigenvalue weighted by Gasteiger charge is -2.28. The average Bonchev–Trinajstić information content (AvgIpc) is 3.47. The summed E-state index contributed by atoms with van der Waals surface area (Å²) in [6.45, 7) is 4.51. The number of anilines is 3. The Hall–Kier alpha value is -4.69. The molecular weight excluding hydrogens is 613 g/mol. The van der Waals surface area contributed by atoms with E-state index in [0.717, 1.165) is 24.2 Å². The molecule has 0 saturated carbocycles. The molecule has 0 bridgehead atoms. The van der Waals surface area contributed by atoms with Crippen LogP contribution in [0.1, 0.15) is 29.6 Å². The van der Waals surface area contributed by atoms with Crippen molar-refractivity contribution in [1.82, 2.24) is 24.8 Å². The quantitative estimate of drug-likeness (QED) is 0.224. The topological polar surface area (TPSA) is 117 Å². The predicted molar refractivity (Wildman–Crippen MR) is 174 cm³/mol. The van der Waals surface area contributed by atoms with Gasteiger partial charge in [-0.2, -0.15) is 13.2 Å². The first-order chi connectivity index (χ1) is 22.7. The zero-order chi connectivity index (χ0) is 32.8. The summed E-state index contributed by atoms with van der Waals surface area (Å²) >= 11 is 0. The van der Waals surface area contributed by atoms with Crippen LogP contribution >= 0.6 is 0 Å². The number of rotatable bonds is 9. The molecule has 0 aliphatic carbocycles. The van der Waals surface area contributed by atoms with E-state index in [1.54, 1.807) is 54.6 Å². The number of halogens is 3. The summed E-state index contributed by atoms with van der Waals surface area (Å²) in [5, 5.41) is 9.00. The van der Waals surface area contributed by atoms with Gasteiger partial charge >= 0.3 is 12.2 Å². The Kier molecular flexibility index (Phi) is 9.87. The van der Waals surface area contributed by atoms with Crippen molar-refractivity contribution in [3.05, 3.63) is 66.4 Å². The van der Waals surface area contributed by atoms with Gasteiger partial charge in [-0.25, -0.2) is 14.8 Å². The van der Waals surface area contributed by atoms with Gasteiger partial charge in [-0.15, -0.1) is 0 Å². The van der Waals surface area contributed by atoms with E-state index in [0.29, 0.717) is 66.6 Å². The number of hydrogen-bond acceptors (Lipinski definition) is 7. The molecule has 6 rings (SSSR count). The third-order valence-corrected chi connectivity index (χ3v) is 8.23. The van der Waals surface area contributed by atoms with Crippen molar-refractivity contribution in [3.63, 3.8) is 0 Å². The number of fused-ring (bicyclic) bond motifs is 1. The summed E-state index contributed by atoms with van der Waals surface area (Å²) in [6, 6.07) is 14.5. The standard InChI is InChI=1S/C33H37F3N8O3/c34-33(35,36)22-44-16-12-27-29(43-18-20-47-21-19-43)40-28(41-30(27)44)23-4-8-25(9-5-23)38-32(46)39-26-10-6-24(7-11-26)31(45)37-13-17-42-14-2-1-3-15-42/h4-12,16H,1-3,13-15,17-22H2,(H,37,45)(H2,38,39,46). The normalized spacial score (nSPS) is 15.9. The second-order valence-corrected chi connectivity index (χ2v) is 11.7. The first-order valence-electron chi connectivity index (χ1n) is 15.8. The SMILES string of the molecule is O=C(Nc1ccc(C(=O)NCCN2CCCCC2)cc1)Nc1ccc(-c2nc(N3CCOCC3)c3ccn(CC(F)(F)F)c3n2)cc1. The van der Waals surface area contributed by atoms with Crippen molar-refractivity contribution in [2.75, 3.05) is 68.0 Å². The minimum atomic E-state index is -4.41. The number of nitrogens with one attached hydrogen (secondary N) is 3. The number of carbonyl (C=O) groups is 2. The molecule has 47 heavy (non-hydrogen) atoms. The largest absolute Gasteiger partial charge is 0.406 e. The zero-order valence-electron chi connectivity index (χ0n) is 25.9. The predicted octanol–water partition coefficient (Wildman–Crippen LogP) is 5.36. The number of likely N-dealkylation sites (tertiary alicyclic amines) is 1. The van der Waals surface area contributed by atoms with Crippen LogP contribution in [0.15, 0.2) is 60.8 Å². The molecule has 3 N–H and O–H groups in total. The van der Waals surface area contributed by atoms with Crippen molar-refractivity contribution < 1.29 is 27.5 Å². The van der Waals surface area contributed by atoms with Crippen molar-refractivity contribution in [2.24, 2.45) is 0 Å². The van der Waals surface area contributed by atoms with Crippen LogP contribution in [0.4, 0.5) is 35.2 Å². The molecule has 14 heteroatoms. The van der Waals surface area contributed by atoms with E-state index < -0.39 is 18.8 Å². The summed E-state index contributed by atoms with van der Waals surface area (Å²) in [6.07, 6.45) is 0.650. The molecule has 0 unspecified atom stereocenters. The monoisotopic (exact) mass is 650 g/mol. The highest BCUT2D eigenvalue weighted by Gasteiger charge is 2.30. The fraction of sp³-hybridized carbons (Fsp3) is 0.394. The number of benzene rings is 2. The molecule has 2 saturated heterocycles. The van der Waals surface area contributed by atoms with Crippen LogP contribution in [-0.4, -0.2) is 90.0 Å². The Balaban J connectivity index is 1.08. The molecule has 2 aliphatic rings. The number of carbonyl (C=O) groups excluding carboxylic acids is 2. The molecule has 11 nitrogen and oxygen atoms in total. The van der Waals surface area contributed by atoms with Crippen LogP contribution in [-0.2, 0) is 11.3 Å². The number of nitrogens with zero attached hydrogens (tertiary/aromatic N) is 5. The summed E-state index contributed by atoms with van der Waals surface area (Å²) < 4.78 is 46.5. The number of piperidine rings is 1. The smallest absolute Gasteiger partial charge is 0.378 e. The van der Waals surface area contributed by atoms with E-state index in [1.165, 1.54) is 25.5 Å². The van der Waals surface area contributed by atoms with Gasteiger partial charge in [0, 0.05) is 54.9 Å². The van der Waals surface area contributed by atoms with E-state index in [4.69, 9.17) is 9.72 Å². The van der Waals surface area contributed by atoms with E-state index in [-0.39, 0.29) is 17.4 Å². The number of aromatic nitrogens is 3. The Morgan fingerprint density at radius 2 is 1.49 bits per heavy atom. The van der Waals surface area contributed by atoms with Crippen molar-refractivity contribution in [2.45, 2.75) is 32.0 Å². The molecule has 2 aliphatic heterocycles. The number of morpholine rings is 1. The Bertz CT molecular complexity index is 1680. The molecule has 2 aromatic carbocycles. The van der Waals surface area contributed by atoms with Crippen molar-refractivity contribution in [3.8, 4) is 11.4 Å². The molecule has 248 valence electrons. The number of urea groups is 1. The molecule has 2 fully saturated rings. The van der Waals surface area contributed by atoms with Crippen molar-refractivity contribution >= 4 is 40.2 Å². The van der Waals surface area contributed by atoms with Crippen LogP contribution in [0.2, 0.25) is 0 Å². The lowest BCUT2D eigenvalue weighted by atomic mass is 10.1. The maximum atomic E-state index is 13.3. The molecule has 2 aromatic heterocycles. The number of alkyl halides is 3. The van der Waals surface area contributed by atoms with Crippen LogP contribution in [0.5, 0.6) is 0 Å². The van der Waals surface area contributed by atoms with E-state index >= 15 is 0 Å². The molecule has 3 amide bonds. The minimum absolute atomic E-state index is 0.160. The highest BCUT2D eigenvalue weighted by molar-refractivity contribution is 6.00. The summed E-state index contributed by atoms with van der Waals surface area (Å²) in [5.74, 6) is 0.663. The first kappa shape index (κ1) is 32.3. The zero-order valence-corrected chi connectivity index (χ0v) is 25.9. The average molecular weight is 651 g/mol. The van der Waals surface area contributed by atoms with Gasteiger partial charge in [-0.1, -0.05) is 6.42 Å². The van der Waals surface area contributed by atoms with Gasteiger partial charge in [-0.3, -0.25) is 4.79 Å². The first-order valence-corrected chi connectivity index (χ1v) is 15.8. The van der Waals surface area contributed by atoms with Gasteiger partial charge in [0.05, 0.1) is 18.6 Å². The van der Waals surface area contributed by atoms with Gasteiger partial charge in [-0.05, 0) is 80.5 Å². The highest BCUT2D eigenvalue weighted by atomic mass is 19.4. The molecule has 0 atom stereocenters. The van der Waals surface area contributed by atoms with E-state index in [1.807, 2.05) is 4.90 Å². The molecule has 0 radical (unpaired) electrons. The lowest BCUT2D eigenvalue weighted by molar-refractivity contribution is -0.139. The van der Waals surface area contributed by atoms with E-state index in [9.17, 15) is 22.8 Å². The Labute approximate surface area is 270 Å². The van der Waals surface area contributed by atoms with Gasteiger partial charge in [0.25, 0.3) is 5.91 Å². The fourth-order valence-electron chi connectivity index (χ4n) is 5.83. The Morgan fingerprint density at radius 1 is 0.830 bits per heavy atom. The molecular formula is C33H37F3N8O3. The van der Waals surface area contributed by atoms with E-state index in [2.05, 4.69) is 25.8 Å². The molecule has 4 aromatic rings. The van der Waals surface area contributed by atoms with Gasteiger partial charge < -0.3 is 35.1 Å². The van der Waals surface area contributed by atoms with Gasteiger partial charge in [0.15, 0.2) is 5.82 Å². The van der Waals surface area contributed by atoms with Crippen LogP contribution in [0, 0.1) is 0 Å². The summed E-state index contributed by atoms with van der Waals surface area (Å²) in [4.78, 5) is 38.8. The number of ether oxygens (including phenoxy) is 1. The van der Waals surface area contributed by atoms with Gasteiger partial charge in [0.1, 0.15) is 18.0 Å². The van der Waals surface area contributed by atoms with Crippen LogP contribution in [0.3, 0.4) is 0 Å². The van der Waals surface area contributed by atoms with Crippen LogP contribution < -0.4 is 20.9 Å². The maximum absolute atomic E-state index is 13.3. The van der Waals surface area contributed by atoms with Crippen LogP contribution in [0.25, 0.3) is 22.4 Å². The number of hydrogen-bond donors (Lipinski definition) is 3. The lowest BCUT2D eigenvalue weighted by Crippen LogP contribution is -2.37. The van der Waals surface area contributed by atoms with Gasteiger partial charge in [0.2, 0.25) is 0 Å². The third kappa shape index (κ3) is 8.37. The third-order valence-electron chi connectivity index (χ3n) is 8.23. The number of amides is 3. The summed E-state index contributed by atoms with van der Waals surface area (Å²) in [7, 11) is 0. The fourth-order valence-corrected chi connectivity index (χ4v) is 5.83. The molecule has 0 spiro atoms. The summed E-state index contributed by atoms with van der Waals surface area (Å²) in [5.41, 5.74) is 2.29. The second-order valence-electron chi connectivity index (χ2n) is 11.7. The second kappa shape index (κ2) is 14.4. The maximum Gasteiger partial charge on any atom is 0.406 e. The van der Waals surface area contributed by atoms with Crippen molar-refractivity contribution in [1.29, 1.82) is 0 Å². The Morgan fingerprint density at radius 3 is 2.15 bits per heavy atom.